The molecule has 0 fully saturated rings. The lowest BCUT2D eigenvalue weighted by Gasteiger charge is -2.06. The van der Waals surface area contributed by atoms with Crippen LogP contribution in [-0.2, 0) is 6.54 Å². The molecule has 0 saturated carbocycles. The van der Waals surface area contributed by atoms with Crippen molar-refractivity contribution in [2.45, 2.75) is 34.2 Å². The summed E-state index contributed by atoms with van der Waals surface area (Å²) in [4.78, 5) is 0. The Hall–Kier alpha value is -0.480. The molecule has 0 unspecified atom stereocenters. The first-order valence-electron chi connectivity index (χ1n) is 5.90. The van der Waals surface area contributed by atoms with Crippen LogP contribution in [-0.4, -0.2) is 28.2 Å². The Balaban J connectivity index is 2.12. The standard InChI is InChI=1S/C12H23N3S/c1-9(2)8-16-6-5-13-7-12-10(3)14-15-11(12)4/h9,13H,5-8H2,1-4H3,(H,14,15). The van der Waals surface area contributed by atoms with E-state index in [9.17, 15) is 0 Å². The van der Waals surface area contributed by atoms with Gasteiger partial charge in [0.25, 0.3) is 0 Å². The summed E-state index contributed by atoms with van der Waals surface area (Å²) in [5.74, 6) is 3.24. The molecule has 1 aromatic rings. The molecule has 0 aliphatic carbocycles. The maximum Gasteiger partial charge on any atom is 0.0638 e. The minimum atomic E-state index is 0.795. The Morgan fingerprint density at radius 1 is 1.38 bits per heavy atom. The second-order valence-electron chi connectivity index (χ2n) is 4.56. The maximum atomic E-state index is 4.18. The Bertz CT molecular complexity index is 288. The highest BCUT2D eigenvalue weighted by molar-refractivity contribution is 7.99. The summed E-state index contributed by atoms with van der Waals surface area (Å²) in [6.45, 7) is 10.6. The molecule has 0 amide bonds. The lowest BCUT2D eigenvalue weighted by atomic mass is 10.2. The molecule has 0 aliphatic rings. The first-order chi connectivity index (χ1) is 7.61. The summed E-state index contributed by atoms with van der Waals surface area (Å²) < 4.78 is 0. The molecule has 0 aliphatic heterocycles. The van der Waals surface area contributed by atoms with Gasteiger partial charge in [-0.05, 0) is 25.5 Å². The first kappa shape index (κ1) is 13.6. The fourth-order valence-electron chi connectivity index (χ4n) is 1.51. The SMILES string of the molecule is Cc1n[nH]c(C)c1CNCCSCC(C)C. The zero-order chi connectivity index (χ0) is 12.0. The van der Waals surface area contributed by atoms with Gasteiger partial charge in [0, 0.05) is 30.1 Å². The summed E-state index contributed by atoms with van der Waals surface area (Å²) in [7, 11) is 0. The molecule has 4 heteroatoms. The normalized spacial score (nSPS) is 11.3. The Morgan fingerprint density at radius 2 is 2.12 bits per heavy atom. The number of H-pyrrole nitrogens is 1. The van der Waals surface area contributed by atoms with E-state index in [-0.39, 0.29) is 0 Å². The second kappa shape index (κ2) is 6.97. The van der Waals surface area contributed by atoms with Crippen LogP contribution in [0, 0.1) is 19.8 Å². The van der Waals surface area contributed by atoms with E-state index in [1.807, 2.05) is 18.7 Å². The van der Waals surface area contributed by atoms with Gasteiger partial charge in [0.1, 0.15) is 0 Å². The summed E-state index contributed by atoms with van der Waals surface area (Å²) in [5, 5.41) is 10.7. The van der Waals surface area contributed by atoms with Crippen LogP contribution in [0.3, 0.4) is 0 Å². The predicted octanol–water partition coefficient (Wildman–Crippen LogP) is 2.51. The van der Waals surface area contributed by atoms with E-state index in [0.717, 1.165) is 24.7 Å². The van der Waals surface area contributed by atoms with Crippen molar-refractivity contribution < 1.29 is 0 Å². The highest BCUT2D eigenvalue weighted by atomic mass is 32.2. The third kappa shape index (κ3) is 4.58. The van der Waals surface area contributed by atoms with Crippen molar-refractivity contribution in [1.29, 1.82) is 0 Å². The summed E-state index contributed by atoms with van der Waals surface area (Å²) >= 11 is 2.02. The predicted molar refractivity (Wildman–Crippen MR) is 71.9 cm³/mol. The van der Waals surface area contributed by atoms with Crippen molar-refractivity contribution in [2.24, 2.45) is 5.92 Å². The van der Waals surface area contributed by atoms with Gasteiger partial charge in [0.05, 0.1) is 5.69 Å². The van der Waals surface area contributed by atoms with Crippen LogP contribution in [0.4, 0.5) is 0 Å². The average Bonchev–Trinajstić information content (AvgIpc) is 2.53. The molecule has 0 radical (unpaired) electrons. The molecule has 0 atom stereocenters. The van der Waals surface area contributed by atoms with Crippen LogP contribution in [0.1, 0.15) is 30.8 Å². The number of aromatic amines is 1. The van der Waals surface area contributed by atoms with Crippen LogP contribution in [0.2, 0.25) is 0 Å². The zero-order valence-corrected chi connectivity index (χ0v) is 11.6. The van der Waals surface area contributed by atoms with Crippen LogP contribution >= 0.6 is 11.8 Å². The van der Waals surface area contributed by atoms with Crippen molar-refractivity contribution in [1.82, 2.24) is 15.5 Å². The third-order valence-electron chi connectivity index (χ3n) is 2.46. The van der Waals surface area contributed by atoms with Gasteiger partial charge >= 0.3 is 0 Å². The number of aromatic nitrogens is 2. The molecule has 1 heterocycles. The number of thioether (sulfide) groups is 1. The molecule has 16 heavy (non-hydrogen) atoms. The molecule has 92 valence electrons. The van der Waals surface area contributed by atoms with Crippen molar-refractivity contribution in [3.63, 3.8) is 0 Å². The number of hydrogen-bond donors (Lipinski definition) is 2. The van der Waals surface area contributed by atoms with Gasteiger partial charge in [-0.15, -0.1) is 0 Å². The maximum absolute atomic E-state index is 4.18. The molecule has 2 N–H and O–H groups in total. The fraction of sp³-hybridized carbons (Fsp3) is 0.750. The monoisotopic (exact) mass is 241 g/mol. The van der Waals surface area contributed by atoms with Gasteiger partial charge in [-0.2, -0.15) is 16.9 Å². The number of nitrogens with one attached hydrogen (secondary N) is 2. The number of hydrogen-bond acceptors (Lipinski definition) is 3. The van der Waals surface area contributed by atoms with E-state index in [2.05, 4.69) is 36.3 Å². The van der Waals surface area contributed by atoms with Gasteiger partial charge in [0.2, 0.25) is 0 Å². The van der Waals surface area contributed by atoms with Gasteiger partial charge in [0.15, 0.2) is 0 Å². The van der Waals surface area contributed by atoms with Crippen LogP contribution in [0.5, 0.6) is 0 Å². The lowest BCUT2D eigenvalue weighted by Crippen LogP contribution is -2.17. The largest absolute Gasteiger partial charge is 0.312 e. The molecular weight excluding hydrogens is 218 g/mol. The highest BCUT2D eigenvalue weighted by Crippen LogP contribution is 2.09. The summed E-state index contributed by atoms with van der Waals surface area (Å²) in [6, 6.07) is 0. The van der Waals surface area contributed by atoms with E-state index in [1.54, 1.807) is 0 Å². The average molecular weight is 241 g/mol. The zero-order valence-electron chi connectivity index (χ0n) is 10.8. The molecule has 3 nitrogen and oxygen atoms in total. The number of rotatable bonds is 7. The van der Waals surface area contributed by atoms with Crippen molar-refractivity contribution in [2.75, 3.05) is 18.1 Å². The van der Waals surface area contributed by atoms with Gasteiger partial charge in [-0.25, -0.2) is 0 Å². The minimum absolute atomic E-state index is 0.795. The Kier molecular flexibility index (Phi) is 5.91. The topological polar surface area (TPSA) is 40.7 Å². The molecule has 0 spiro atoms. The Morgan fingerprint density at radius 3 is 2.69 bits per heavy atom. The van der Waals surface area contributed by atoms with Crippen molar-refractivity contribution >= 4 is 11.8 Å². The van der Waals surface area contributed by atoms with E-state index < -0.39 is 0 Å². The fourth-order valence-corrected chi connectivity index (χ4v) is 2.44. The summed E-state index contributed by atoms with van der Waals surface area (Å²) in [6.07, 6.45) is 0. The lowest BCUT2D eigenvalue weighted by molar-refractivity contribution is 0.720. The van der Waals surface area contributed by atoms with Crippen molar-refractivity contribution in [3.8, 4) is 0 Å². The van der Waals surface area contributed by atoms with E-state index in [1.165, 1.54) is 22.8 Å². The molecular formula is C12H23N3S. The van der Waals surface area contributed by atoms with Gasteiger partial charge in [-0.3, -0.25) is 5.10 Å². The molecule has 0 aromatic carbocycles. The molecule has 0 saturated heterocycles. The van der Waals surface area contributed by atoms with Gasteiger partial charge < -0.3 is 5.32 Å². The van der Waals surface area contributed by atoms with E-state index in [0.29, 0.717) is 0 Å². The first-order valence-corrected chi connectivity index (χ1v) is 7.05. The van der Waals surface area contributed by atoms with Gasteiger partial charge in [-0.1, -0.05) is 13.8 Å². The smallest absolute Gasteiger partial charge is 0.0638 e. The molecule has 1 rings (SSSR count). The van der Waals surface area contributed by atoms with Crippen molar-refractivity contribution in [3.05, 3.63) is 17.0 Å². The van der Waals surface area contributed by atoms with E-state index >= 15 is 0 Å². The van der Waals surface area contributed by atoms with Crippen LogP contribution in [0.15, 0.2) is 0 Å². The van der Waals surface area contributed by atoms with Crippen LogP contribution < -0.4 is 5.32 Å². The highest BCUT2D eigenvalue weighted by Gasteiger charge is 2.04. The number of nitrogens with zero attached hydrogens (tertiary/aromatic N) is 1. The summed E-state index contributed by atoms with van der Waals surface area (Å²) in [5.41, 5.74) is 3.61. The third-order valence-corrected chi connectivity index (χ3v) is 3.85. The quantitative estimate of drug-likeness (QED) is 0.721. The molecule has 0 bridgehead atoms. The number of aryl methyl sites for hydroxylation is 2. The Labute approximate surface area is 103 Å². The molecule has 1 aromatic heterocycles. The van der Waals surface area contributed by atoms with E-state index in [4.69, 9.17) is 0 Å². The second-order valence-corrected chi connectivity index (χ2v) is 5.71. The van der Waals surface area contributed by atoms with Crippen LogP contribution in [0.25, 0.3) is 0 Å². The minimum Gasteiger partial charge on any atom is -0.312 e.